The first kappa shape index (κ1) is 15.2. The summed E-state index contributed by atoms with van der Waals surface area (Å²) in [5.41, 5.74) is 7.83. The van der Waals surface area contributed by atoms with E-state index in [9.17, 15) is 0 Å². The van der Waals surface area contributed by atoms with Gasteiger partial charge in [-0.25, -0.2) is 0 Å². The molecular weight excluding hydrogens is 266 g/mol. The predicted molar refractivity (Wildman–Crippen MR) is 83.1 cm³/mol. The van der Waals surface area contributed by atoms with Crippen LogP contribution in [0.2, 0.25) is 0 Å². The molecule has 2 rings (SSSR count). The minimum Gasteiger partial charge on any atom is -0.497 e. The van der Waals surface area contributed by atoms with Gasteiger partial charge in [-0.3, -0.25) is 0 Å². The monoisotopic (exact) mass is 287 g/mol. The van der Waals surface area contributed by atoms with Crippen molar-refractivity contribution in [3.63, 3.8) is 0 Å². The molecule has 112 valence electrons. The van der Waals surface area contributed by atoms with Crippen LogP contribution in [-0.2, 0) is 6.54 Å². The number of nitrogens with two attached hydrogens (primary N) is 1. The lowest BCUT2D eigenvalue weighted by molar-refractivity contribution is 0.215. The van der Waals surface area contributed by atoms with Gasteiger partial charge < -0.3 is 19.9 Å². The Morgan fingerprint density at radius 3 is 2.48 bits per heavy atom. The molecule has 0 aliphatic heterocycles. The van der Waals surface area contributed by atoms with Gasteiger partial charge in [-0.15, -0.1) is 0 Å². The number of aryl methyl sites for hydroxylation is 1. The second-order valence-electron chi connectivity index (χ2n) is 4.69. The molecule has 2 N–H and O–H groups in total. The summed E-state index contributed by atoms with van der Waals surface area (Å²) in [5, 5.41) is 0. The Hall–Kier alpha value is -2.20. The predicted octanol–water partition coefficient (Wildman–Crippen LogP) is 2.92. The number of hydrogen-bond acceptors (Lipinski definition) is 4. The maximum Gasteiger partial charge on any atom is 0.127 e. The topological polar surface area (TPSA) is 53.7 Å². The van der Waals surface area contributed by atoms with Gasteiger partial charge in [0.05, 0.1) is 7.11 Å². The van der Waals surface area contributed by atoms with Crippen LogP contribution in [0, 0.1) is 6.92 Å². The van der Waals surface area contributed by atoms with Crippen LogP contribution in [0.5, 0.6) is 17.2 Å². The van der Waals surface area contributed by atoms with Crippen molar-refractivity contribution in [2.75, 3.05) is 20.3 Å². The third-order valence-corrected chi connectivity index (χ3v) is 3.09. The zero-order valence-electron chi connectivity index (χ0n) is 12.5. The van der Waals surface area contributed by atoms with Crippen molar-refractivity contribution in [2.45, 2.75) is 13.5 Å². The molecule has 0 unspecified atom stereocenters. The van der Waals surface area contributed by atoms with Crippen LogP contribution in [0.1, 0.15) is 11.1 Å². The van der Waals surface area contributed by atoms with Crippen LogP contribution in [0.4, 0.5) is 0 Å². The molecule has 0 saturated carbocycles. The fourth-order valence-corrected chi connectivity index (χ4v) is 1.98. The molecule has 0 radical (unpaired) electrons. The summed E-state index contributed by atoms with van der Waals surface area (Å²) < 4.78 is 16.6. The molecule has 21 heavy (non-hydrogen) atoms. The highest BCUT2D eigenvalue weighted by Gasteiger charge is 2.04. The summed E-state index contributed by atoms with van der Waals surface area (Å²) in [4.78, 5) is 0. The average Bonchev–Trinajstić information content (AvgIpc) is 2.51. The third kappa shape index (κ3) is 4.39. The molecule has 0 aromatic heterocycles. The van der Waals surface area contributed by atoms with E-state index in [1.54, 1.807) is 7.11 Å². The second-order valence-corrected chi connectivity index (χ2v) is 4.69. The lowest BCUT2D eigenvalue weighted by atomic mass is 10.2. The van der Waals surface area contributed by atoms with Crippen molar-refractivity contribution in [1.82, 2.24) is 0 Å². The van der Waals surface area contributed by atoms with Crippen molar-refractivity contribution in [1.29, 1.82) is 0 Å². The van der Waals surface area contributed by atoms with E-state index in [0.29, 0.717) is 19.8 Å². The fourth-order valence-electron chi connectivity index (χ4n) is 1.98. The average molecular weight is 287 g/mol. The zero-order chi connectivity index (χ0) is 15.1. The Morgan fingerprint density at radius 2 is 1.76 bits per heavy atom. The van der Waals surface area contributed by atoms with Crippen LogP contribution >= 0.6 is 0 Å². The van der Waals surface area contributed by atoms with Gasteiger partial charge in [-0.1, -0.05) is 18.2 Å². The molecule has 0 heterocycles. The Morgan fingerprint density at radius 1 is 0.952 bits per heavy atom. The Balaban J connectivity index is 1.88. The van der Waals surface area contributed by atoms with Crippen molar-refractivity contribution >= 4 is 0 Å². The van der Waals surface area contributed by atoms with E-state index in [2.05, 4.69) is 0 Å². The SMILES string of the molecule is COc1ccc(CN)c(OCCOc2cccc(C)c2)c1. The van der Waals surface area contributed by atoms with Gasteiger partial charge in [-0.05, 0) is 30.7 Å². The van der Waals surface area contributed by atoms with E-state index in [1.165, 1.54) is 5.56 Å². The van der Waals surface area contributed by atoms with Crippen molar-refractivity contribution in [3.05, 3.63) is 53.6 Å². The maximum atomic E-state index is 5.74. The Kier molecular flexibility index (Phi) is 5.46. The van der Waals surface area contributed by atoms with Gasteiger partial charge in [0, 0.05) is 18.2 Å². The van der Waals surface area contributed by atoms with E-state index in [4.69, 9.17) is 19.9 Å². The zero-order valence-corrected chi connectivity index (χ0v) is 12.5. The summed E-state index contributed by atoms with van der Waals surface area (Å²) in [6.07, 6.45) is 0. The maximum absolute atomic E-state index is 5.74. The van der Waals surface area contributed by atoms with Crippen molar-refractivity contribution in [3.8, 4) is 17.2 Å². The standard InChI is InChI=1S/C17H21NO3/c1-13-4-3-5-16(10-13)20-8-9-21-17-11-15(19-2)7-6-14(17)12-18/h3-7,10-11H,8-9,12,18H2,1-2H3. The van der Waals surface area contributed by atoms with Crippen LogP contribution < -0.4 is 19.9 Å². The van der Waals surface area contributed by atoms with Crippen LogP contribution in [-0.4, -0.2) is 20.3 Å². The molecule has 0 bridgehead atoms. The highest BCUT2D eigenvalue weighted by Crippen LogP contribution is 2.24. The van der Waals surface area contributed by atoms with Crippen LogP contribution in [0.15, 0.2) is 42.5 Å². The number of methoxy groups -OCH3 is 1. The number of rotatable bonds is 7. The van der Waals surface area contributed by atoms with Gasteiger partial charge >= 0.3 is 0 Å². The van der Waals surface area contributed by atoms with E-state index in [0.717, 1.165) is 22.8 Å². The van der Waals surface area contributed by atoms with Crippen molar-refractivity contribution in [2.24, 2.45) is 5.73 Å². The van der Waals surface area contributed by atoms with E-state index < -0.39 is 0 Å². The van der Waals surface area contributed by atoms with E-state index >= 15 is 0 Å². The van der Waals surface area contributed by atoms with Gasteiger partial charge in [0.2, 0.25) is 0 Å². The highest BCUT2D eigenvalue weighted by molar-refractivity contribution is 5.40. The first-order valence-corrected chi connectivity index (χ1v) is 6.92. The second kappa shape index (κ2) is 7.55. The molecule has 0 aliphatic rings. The molecule has 2 aromatic carbocycles. The molecule has 0 amide bonds. The van der Waals surface area contributed by atoms with Gasteiger partial charge in [0.15, 0.2) is 0 Å². The van der Waals surface area contributed by atoms with Crippen LogP contribution in [0.3, 0.4) is 0 Å². The number of hydrogen-bond donors (Lipinski definition) is 1. The highest BCUT2D eigenvalue weighted by atomic mass is 16.5. The minimum absolute atomic E-state index is 0.429. The Bertz CT molecular complexity index is 584. The first-order valence-electron chi connectivity index (χ1n) is 6.92. The van der Waals surface area contributed by atoms with E-state index in [1.807, 2.05) is 49.4 Å². The Labute approximate surface area is 125 Å². The van der Waals surface area contributed by atoms with Gasteiger partial charge in [0.1, 0.15) is 30.5 Å². The summed E-state index contributed by atoms with van der Waals surface area (Å²) in [7, 11) is 1.63. The minimum atomic E-state index is 0.429. The summed E-state index contributed by atoms with van der Waals surface area (Å²) in [6, 6.07) is 13.6. The third-order valence-electron chi connectivity index (χ3n) is 3.09. The lowest BCUT2D eigenvalue weighted by Gasteiger charge is -2.12. The number of ether oxygens (including phenoxy) is 3. The summed E-state index contributed by atoms with van der Waals surface area (Å²) in [5.74, 6) is 2.34. The molecule has 4 heteroatoms. The van der Waals surface area contributed by atoms with Crippen molar-refractivity contribution < 1.29 is 14.2 Å². The molecular formula is C17H21NO3. The summed E-state index contributed by atoms with van der Waals surface area (Å²) in [6.45, 7) is 3.39. The molecule has 0 atom stereocenters. The van der Waals surface area contributed by atoms with Gasteiger partial charge in [-0.2, -0.15) is 0 Å². The fraction of sp³-hybridized carbons (Fsp3) is 0.294. The summed E-state index contributed by atoms with van der Waals surface area (Å²) >= 11 is 0. The number of benzene rings is 2. The smallest absolute Gasteiger partial charge is 0.127 e. The molecule has 0 fully saturated rings. The molecule has 0 spiro atoms. The normalized spacial score (nSPS) is 10.2. The van der Waals surface area contributed by atoms with Crippen LogP contribution in [0.25, 0.3) is 0 Å². The molecule has 2 aromatic rings. The van der Waals surface area contributed by atoms with Gasteiger partial charge in [0.25, 0.3) is 0 Å². The largest absolute Gasteiger partial charge is 0.497 e. The molecule has 4 nitrogen and oxygen atoms in total. The van der Waals surface area contributed by atoms with E-state index in [-0.39, 0.29) is 0 Å². The molecule has 0 saturated heterocycles. The molecule has 0 aliphatic carbocycles. The lowest BCUT2D eigenvalue weighted by Crippen LogP contribution is -2.11. The first-order chi connectivity index (χ1) is 10.2. The quantitative estimate of drug-likeness (QED) is 0.796.